The molecule has 0 aromatic heterocycles. The van der Waals surface area contributed by atoms with E-state index >= 15 is 0 Å². The molecule has 0 radical (unpaired) electrons. The van der Waals surface area contributed by atoms with E-state index in [4.69, 9.17) is 0 Å². The Kier molecular flexibility index (Phi) is 11.2. The van der Waals surface area contributed by atoms with Gasteiger partial charge in [0.05, 0.1) is 0 Å². The molecule has 72 valence electrons. The minimum Gasteiger partial charge on any atom is -0.328 e. The second kappa shape index (κ2) is 10.7. The van der Waals surface area contributed by atoms with Crippen LogP contribution in [0.15, 0.2) is 0 Å². The van der Waals surface area contributed by atoms with Crippen molar-refractivity contribution in [1.29, 1.82) is 0 Å². The Bertz CT molecular complexity index is 48.1. The predicted octanol–water partition coefficient (Wildman–Crippen LogP) is 4.31. The van der Waals surface area contributed by atoms with Gasteiger partial charge in [0.1, 0.15) is 0 Å². The molecular weight excluding hydrogens is 210 g/mol. The maximum Gasteiger partial charge on any atom is 2.00 e. The van der Waals surface area contributed by atoms with Crippen molar-refractivity contribution in [3.63, 3.8) is 0 Å². The molecule has 0 aliphatic heterocycles. The second-order valence-electron chi connectivity index (χ2n) is 3.85. The van der Waals surface area contributed by atoms with E-state index in [-0.39, 0.29) is 19.5 Å². The van der Waals surface area contributed by atoms with Gasteiger partial charge in [-0.3, -0.25) is 0 Å². The van der Waals surface area contributed by atoms with Crippen LogP contribution in [0, 0.1) is 12.8 Å². The maximum atomic E-state index is 2.39. The molecular formula is C12H22Zn. The maximum absolute atomic E-state index is 2.39. The summed E-state index contributed by atoms with van der Waals surface area (Å²) < 4.78 is 0. The smallest absolute Gasteiger partial charge is 0.328 e. The van der Waals surface area contributed by atoms with E-state index in [1.807, 2.05) is 0 Å². The quantitative estimate of drug-likeness (QED) is 0.431. The van der Waals surface area contributed by atoms with Gasteiger partial charge >= 0.3 is 19.5 Å². The number of hydrogen-bond donors (Lipinski definition) is 0. The Morgan fingerprint density at radius 1 is 0.462 bits per heavy atom. The van der Waals surface area contributed by atoms with Crippen molar-refractivity contribution in [1.82, 2.24) is 0 Å². The van der Waals surface area contributed by atoms with Crippen molar-refractivity contribution >= 4 is 0 Å². The van der Waals surface area contributed by atoms with Crippen molar-refractivity contribution in [2.45, 2.75) is 64.2 Å². The Labute approximate surface area is 96.6 Å². The summed E-state index contributed by atoms with van der Waals surface area (Å²) in [5.41, 5.74) is 0. The largest absolute Gasteiger partial charge is 2.00 e. The van der Waals surface area contributed by atoms with Gasteiger partial charge in [-0.05, 0) is 0 Å². The molecule has 0 saturated heterocycles. The van der Waals surface area contributed by atoms with Crippen LogP contribution in [0.4, 0.5) is 0 Å². The average molecular weight is 232 g/mol. The summed E-state index contributed by atoms with van der Waals surface area (Å²) in [6.07, 6.45) is 19.0. The molecule has 0 spiro atoms. The third-order valence-electron chi connectivity index (χ3n) is 2.63. The van der Waals surface area contributed by atoms with Crippen LogP contribution < -0.4 is 0 Å². The van der Waals surface area contributed by atoms with Crippen LogP contribution in [0.3, 0.4) is 0 Å². The second-order valence-corrected chi connectivity index (χ2v) is 3.85. The van der Waals surface area contributed by atoms with Gasteiger partial charge in [-0.15, -0.1) is 0 Å². The summed E-state index contributed by atoms with van der Waals surface area (Å²) in [6, 6.07) is 0. The molecule has 2 aliphatic carbocycles. The first kappa shape index (κ1) is 13.6. The minimum absolute atomic E-state index is 0. The fourth-order valence-corrected chi connectivity index (χ4v) is 1.80. The fourth-order valence-electron chi connectivity index (χ4n) is 1.80. The van der Waals surface area contributed by atoms with Crippen LogP contribution >= 0.6 is 0 Å². The molecule has 0 N–H and O–H groups in total. The van der Waals surface area contributed by atoms with Crippen molar-refractivity contribution in [3.8, 4) is 0 Å². The predicted molar refractivity (Wildman–Crippen MR) is 54.8 cm³/mol. The summed E-state index contributed by atoms with van der Waals surface area (Å²) in [5, 5.41) is 0. The Morgan fingerprint density at radius 2 is 0.769 bits per heavy atom. The Morgan fingerprint density at radius 3 is 0.846 bits per heavy atom. The summed E-state index contributed by atoms with van der Waals surface area (Å²) in [4.78, 5) is 0. The first-order chi connectivity index (χ1) is 6.00. The van der Waals surface area contributed by atoms with Gasteiger partial charge in [-0.2, -0.15) is 25.7 Å². The van der Waals surface area contributed by atoms with E-state index < -0.39 is 0 Å². The molecule has 0 unspecified atom stereocenters. The Balaban J connectivity index is 0.000000206. The van der Waals surface area contributed by atoms with Crippen LogP contribution in [0.2, 0.25) is 0 Å². The van der Waals surface area contributed by atoms with E-state index in [1.165, 1.54) is 64.2 Å². The molecule has 2 aliphatic rings. The van der Waals surface area contributed by atoms with Gasteiger partial charge in [-0.1, -0.05) is 38.5 Å². The third kappa shape index (κ3) is 8.94. The van der Waals surface area contributed by atoms with Crippen molar-refractivity contribution in [3.05, 3.63) is 12.8 Å². The van der Waals surface area contributed by atoms with Gasteiger partial charge in [-0.25, -0.2) is 0 Å². The van der Waals surface area contributed by atoms with E-state index in [1.54, 1.807) is 0 Å². The normalized spacial score (nSPS) is 22.2. The van der Waals surface area contributed by atoms with Crippen LogP contribution in [-0.2, 0) is 19.5 Å². The SMILES string of the molecule is [CH-]1CCCCC1.[CH-]1CCCCC1.[Zn+2]. The summed E-state index contributed by atoms with van der Waals surface area (Å²) in [7, 11) is 0. The van der Waals surface area contributed by atoms with Crippen molar-refractivity contribution in [2.75, 3.05) is 0 Å². The molecule has 2 saturated carbocycles. The van der Waals surface area contributed by atoms with E-state index in [2.05, 4.69) is 12.8 Å². The van der Waals surface area contributed by atoms with Crippen molar-refractivity contribution < 1.29 is 19.5 Å². The minimum atomic E-state index is 0. The van der Waals surface area contributed by atoms with Gasteiger partial charge < -0.3 is 12.8 Å². The van der Waals surface area contributed by atoms with Gasteiger partial charge in [0.2, 0.25) is 0 Å². The molecule has 0 aromatic rings. The average Bonchev–Trinajstić information content (AvgIpc) is 2.24. The molecule has 0 nitrogen and oxygen atoms in total. The summed E-state index contributed by atoms with van der Waals surface area (Å²) >= 11 is 0. The number of rotatable bonds is 0. The molecule has 0 aromatic carbocycles. The van der Waals surface area contributed by atoms with E-state index in [0.29, 0.717) is 0 Å². The molecule has 2 fully saturated rings. The topological polar surface area (TPSA) is 0 Å². The molecule has 1 heteroatoms. The van der Waals surface area contributed by atoms with Gasteiger partial charge in [0.15, 0.2) is 0 Å². The zero-order valence-electron chi connectivity index (χ0n) is 8.93. The van der Waals surface area contributed by atoms with E-state index in [0.717, 1.165) is 0 Å². The van der Waals surface area contributed by atoms with Crippen LogP contribution in [0.1, 0.15) is 64.2 Å². The first-order valence-electron chi connectivity index (χ1n) is 5.63. The van der Waals surface area contributed by atoms with E-state index in [9.17, 15) is 0 Å². The zero-order valence-corrected chi connectivity index (χ0v) is 11.9. The summed E-state index contributed by atoms with van der Waals surface area (Å²) in [6.45, 7) is 0. The van der Waals surface area contributed by atoms with Crippen molar-refractivity contribution in [2.24, 2.45) is 0 Å². The zero-order chi connectivity index (χ0) is 8.49. The molecule has 13 heavy (non-hydrogen) atoms. The van der Waals surface area contributed by atoms with Crippen LogP contribution in [0.5, 0.6) is 0 Å². The molecule has 0 atom stereocenters. The molecule has 2 rings (SSSR count). The third-order valence-corrected chi connectivity index (χ3v) is 2.63. The summed E-state index contributed by atoms with van der Waals surface area (Å²) in [5.74, 6) is 0. The molecule has 0 bridgehead atoms. The Hall–Kier alpha value is 0.623. The van der Waals surface area contributed by atoms with Crippen LogP contribution in [0.25, 0.3) is 0 Å². The monoisotopic (exact) mass is 230 g/mol. The molecule has 0 amide bonds. The number of hydrogen-bond acceptors (Lipinski definition) is 0. The van der Waals surface area contributed by atoms with Gasteiger partial charge in [0, 0.05) is 0 Å². The fraction of sp³-hybridized carbons (Fsp3) is 0.833. The first-order valence-corrected chi connectivity index (χ1v) is 5.63. The standard InChI is InChI=1S/2C6H11.Zn/c2*1-2-4-6-5-3-1;/h2*1H,2-6H2;/q2*-1;+2. The van der Waals surface area contributed by atoms with Crippen LogP contribution in [-0.4, -0.2) is 0 Å². The molecule has 0 heterocycles. The van der Waals surface area contributed by atoms with Gasteiger partial charge in [0.25, 0.3) is 0 Å².